The van der Waals surface area contributed by atoms with E-state index in [9.17, 15) is 14.3 Å². The molecule has 45 heavy (non-hydrogen) atoms. The number of imidazole rings is 1. The monoisotopic (exact) mass is 633 g/mol. The average Bonchev–Trinajstić information content (AvgIpc) is 3.82. The Kier molecular flexibility index (Phi) is 7.31. The zero-order valence-electron chi connectivity index (χ0n) is 24.5. The molecule has 3 atom stereocenters. The zero-order chi connectivity index (χ0) is 31.5. The summed E-state index contributed by atoms with van der Waals surface area (Å²) < 4.78 is 57.2. The highest BCUT2D eigenvalue weighted by Crippen LogP contribution is 2.50. The second kappa shape index (κ2) is 11.2. The van der Waals surface area contributed by atoms with Gasteiger partial charge in [-0.05, 0) is 62.3 Å². The Bertz CT molecular complexity index is 1960. The number of fused-ring (bicyclic) bond motifs is 2. The van der Waals surface area contributed by atoms with Gasteiger partial charge in [-0.15, -0.1) is 11.8 Å². The van der Waals surface area contributed by atoms with Gasteiger partial charge in [0, 0.05) is 34.7 Å². The molecule has 1 fully saturated rings. The van der Waals surface area contributed by atoms with Crippen LogP contribution in [-0.2, 0) is 10.2 Å². The highest BCUT2D eigenvalue weighted by Gasteiger charge is 2.42. The minimum atomic E-state index is -1.14. The molecule has 11 heteroatoms. The summed E-state index contributed by atoms with van der Waals surface area (Å²) in [6, 6.07) is 11.5. The molecule has 1 aliphatic carbocycles. The van der Waals surface area contributed by atoms with Crippen molar-refractivity contribution in [1.82, 2.24) is 15.0 Å². The Morgan fingerprint density at radius 1 is 1.13 bits per heavy atom. The van der Waals surface area contributed by atoms with Crippen molar-refractivity contribution in [3.63, 3.8) is 0 Å². The first-order chi connectivity index (χ1) is 21.7. The summed E-state index contributed by atoms with van der Waals surface area (Å²) in [7, 11) is 0. The normalized spacial score (nSPS) is 21.1. The van der Waals surface area contributed by atoms with Crippen LogP contribution < -0.4 is 9.47 Å². The molecule has 5 aromatic rings. The van der Waals surface area contributed by atoms with Crippen molar-refractivity contribution < 1.29 is 32.5 Å². The predicted molar refractivity (Wildman–Crippen MR) is 165 cm³/mol. The van der Waals surface area contributed by atoms with Crippen molar-refractivity contribution in [3.8, 4) is 28.6 Å². The molecule has 1 aliphatic heterocycles. The third-order valence-electron chi connectivity index (χ3n) is 9.29. The highest BCUT2D eigenvalue weighted by molar-refractivity contribution is 7.99. The molecule has 7 rings (SSSR count). The Balaban J connectivity index is 1.24. The highest BCUT2D eigenvalue weighted by atomic mass is 32.2. The fourth-order valence-corrected chi connectivity index (χ4v) is 7.61. The summed E-state index contributed by atoms with van der Waals surface area (Å²) in [5.41, 5.74) is 2.03. The number of aliphatic carboxylic acids is 1. The maximum Gasteiger partial charge on any atom is 0.307 e. The van der Waals surface area contributed by atoms with Gasteiger partial charge in [0.2, 0.25) is 5.82 Å². The molecule has 0 radical (unpaired) electrons. The smallest absolute Gasteiger partial charge is 0.307 e. The predicted octanol–water partition coefficient (Wildman–Crippen LogP) is 8.55. The third kappa shape index (κ3) is 4.75. The van der Waals surface area contributed by atoms with Gasteiger partial charge < -0.3 is 24.5 Å². The van der Waals surface area contributed by atoms with E-state index in [1.165, 1.54) is 36.2 Å². The fraction of sp³-hybridized carbons (Fsp3) is 0.294. The van der Waals surface area contributed by atoms with Gasteiger partial charge in [-0.2, -0.15) is 4.39 Å². The molecule has 3 N–H and O–H groups in total. The van der Waals surface area contributed by atoms with Gasteiger partial charge in [-0.25, -0.2) is 13.8 Å². The molecule has 0 bridgehead atoms. The van der Waals surface area contributed by atoms with Crippen LogP contribution in [0.15, 0.2) is 59.8 Å². The lowest BCUT2D eigenvalue weighted by atomic mass is 9.73. The maximum atomic E-state index is 15.2. The van der Waals surface area contributed by atoms with Crippen LogP contribution in [0, 0.1) is 23.4 Å². The summed E-state index contributed by atoms with van der Waals surface area (Å²) in [4.78, 5) is 23.0. The topological polar surface area (TPSA) is 100 Å². The van der Waals surface area contributed by atoms with Crippen LogP contribution in [-0.4, -0.2) is 38.9 Å². The number of carboxylic acids is 1. The van der Waals surface area contributed by atoms with E-state index in [2.05, 4.69) is 16.9 Å². The third-order valence-corrected chi connectivity index (χ3v) is 10.1. The van der Waals surface area contributed by atoms with Crippen molar-refractivity contribution in [3.05, 3.63) is 89.1 Å². The molecule has 3 heterocycles. The van der Waals surface area contributed by atoms with Gasteiger partial charge in [0.25, 0.3) is 0 Å². The SMILES string of the molecule is CSc1c(Oc2ccc(F)c(-c3nc(C4(C)CCOc5c(C6CCCC6C(=O)O)cccc54)c[nH]3)c2)c(F)c(F)c2[nH]ccc12. The number of ether oxygens (including phenoxy) is 2. The molecule has 1 saturated carbocycles. The molecule has 3 aromatic carbocycles. The molecular weight excluding hydrogens is 603 g/mol. The number of para-hydroxylation sites is 1. The van der Waals surface area contributed by atoms with E-state index in [0.717, 1.165) is 24.0 Å². The van der Waals surface area contributed by atoms with Gasteiger partial charge >= 0.3 is 5.97 Å². The second-order valence-electron chi connectivity index (χ2n) is 11.8. The summed E-state index contributed by atoms with van der Waals surface area (Å²) in [5.74, 6) is -3.35. The summed E-state index contributed by atoms with van der Waals surface area (Å²) in [6.45, 7) is 2.46. The van der Waals surface area contributed by atoms with Crippen LogP contribution in [0.5, 0.6) is 17.2 Å². The van der Waals surface area contributed by atoms with Crippen LogP contribution in [0.25, 0.3) is 22.3 Å². The van der Waals surface area contributed by atoms with E-state index in [-0.39, 0.29) is 34.3 Å². The maximum absolute atomic E-state index is 15.2. The van der Waals surface area contributed by atoms with Gasteiger partial charge in [0.05, 0.1) is 34.2 Å². The second-order valence-corrected chi connectivity index (χ2v) is 12.6. The van der Waals surface area contributed by atoms with Crippen LogP contribution >= 0.6 is 11.8 Å². The quantitative estimate of drug-likeness (QED) is 0.155. The Morgan fingerprint density at radius 3 is 2.78 bits per heavy atom. The largest absolute Gasteiger partial charge is 0.493 e. The number of nitrogens with one attached hydrogen (secondary N) is 2. The van der Waals surface area contributed by atoms with Gasteiger partial charge in [-0.3, -0.25) is 4.79 Å². The van der Waals surface area contributed by atoms with Crippen LogP contribution in [0.1, 0.15) is 55.3 Å². The molecule has 0 amide bonds. The summed E-state index contributed by atoms with van der Waals surface area (Å²) in [6.07, 6.45) is 7.88. The number of benzene rings is 3. The molecule has 2 aliphatic rings. The molecular formula is C34H30F3N3O4S. The number of carbonyl (C=O) groups is 1. The minimum Gasteiger partial charge on any atom is -0.493 e. The first-order valence-electron chi connectivity index (χ1n) is 14.8. The molecule has 0 saturated heterocycles. The van der Waals surface area contributed by atoms with Gasteiger partial charge in [-0.1, -0.05) is 24.6 Å². The first-order valence-corrected chi connectivity index (χ1v) is 16.0. The fourth-order valence-electron chi connectivity index (χ4n) is 6.90. The van der Waals surface area contributed by atoms with Crippen LogP contribution in [0.2, 0.25) is 0 Å². The van der Waals surface area contributed by atoms with E-state index in [4.69, 9.17) is 14.5 Å². The Labute approximate surface area is 261 Å². The number of aromatic nitrogens is 3. The number of thioether (sulfide) groups is 1. The van der Waals surface area contributed by atoms with Crippen molar-refractivity contribution >= 4 is 28.6 Å². The first kappa shape index (κ1) is 29.3. The molecule has 2 aromatic heterocycles. The lowest BCUT2D eigenvalue weighted by Gasteiger charge is -2.36. The van der Waals surface area contributed by atoms with Crippen LogP contribution in [0.4, 0.5) is 13.2 Å². The van der Waals surface area contributed by atoms with Crippen molar-refractivity contribution in [2.24, 2.45) is 5.92 Å². The number of H-pyrrole nitrogens is 2. The number of halogens is 3. The minimum absolute atomic E-state index is 0.0485. The van der Waals surface area contributed by atoms with Crippen molar-refractivity contribution in [2.75, 3.05) is 12.9 Å². The van der Waals surface area contributed by atoms with Gasteiger partial charge in [0.15, 0.2) is 11.6 Å². The summed E-state index contributed by atoms with van der Waals surface area (Å²) >= 11 is 1.22. The summed E-state index contributed by atoms with van der Waals surface area (Å²) in [5, 5.41) is 10.3. The Morgan fingerprint density at radius 2 is 1.98 bits per heavy atom. The van der Waals surface area contributed by atoms with Gasteiger partial charge in [0.1, 0.15) is 23.1 Å². The molecule has 7 nitrogen and oxygen atoms in total. The number of rotatable bonds is 7. The molecule has 232 valence electrons. The van der Waals surface area contributed by atoms with E-state index in [1.54, 1.807) is 18.5 Å². The van der Waals surface area contributed by atoms with E-state index in [1.807, 2.05) is 18.2 Å². The molecule has 3 unspecified atom stereocenters. The lowest BCUT2D eigenvalue weighted by molar-refractivity contribution is -0.142. The number of aromatic amines is 2. The number of hydrogen-bond acceptors (Lipinski definition) is 5. The van der Waals surface area contributed by atoms with E-state index >= 15 is 8.78 Å². The van der Waals surface area contributed by atoms with E-state index in [0.29, 0.717) is 41.2 Å². The zero-order valence-corrected chi connectivity index (χ0v) is 25.4. The van der Waals surface area contributed by atoms with E-state index < -0.39 is 34.8 Å². The van der Waals surface area contributed by atoms with Crippen LogP contribution in [0.3, 0.4) is 0 Å². The standard InChI is InChI=1S/C34H30F3N3O4S/c1-34(12-14-43-29-19(6-4-8-23(29)34)18-5-3-7-20(18)33(41)42)25-16-39-32(40-25)22-15-17(9-10-24(22)35)44-30-27(37)26(36)28-21(11-13-38-28)31(30)45-2/h4,6,8-11,13,15-16,18,20,38H,3,5,7,12,14H2,1-2H3,(H,39,40)(H,41,42). The number of nitrogens with zero attached hydrogens (tertiary/aromatic N) is 1. The Hall–Kier alpha value is -4.38. The van der Waals surface area contributed by atoms with Crippen molar-refractivity contribution in [1.29, 1.82) is 0 Å². The number of carboxylic acid groups (broad SMARTS) is 1. The van der Waals surface area contributed by atoms with Crippen molar-refractivity contribution in [2.45, 2.75) is 48.8 Å². The molecule has 0 spiro atoms. The lowest BCUT2D eigenvalue weighted by Crippen LogP contribution is -2.32. The number of hydrogen-bond donors (Lipinski definition) is 3. The average molecular weight is 634 g/mol.